The number of carboxylic acid groups (broad SMARTS) is 1. The van der Waals surface area contributed by atoms with Gasteiger partial charge in [0.1, 0.15) is 6.04 Å². The summed E-state index contributed by atoms with van der Waals surface area (Å²) in [5.41, 5.74) is 0. The van der Waals surface area contributed by atoms with E-state index < -0.39 is 5.97 Å². The van der Waals surface area contributed by atoms with E-state index >= 15 is 0 Å². The highest BCUT2D eigenvalue weighted by Gasteiger charge is 2.46. The molecule has 0 aliphatic carbocycles. The number of carbonyl (C=O) groups is 1. The second-order valence-electron chi connectivity index (χ2n) is 5.48. The molecule has 92 valence electrons. The van der Waals surface area contributed by atoms with Crippen LogP contribution in [0.25, 0.3) is 0 Å². The molecule has 3 atom stereocenters. The summed E-state index contributed by atoms with van der Waals surface area (Å²) in [5.74, 6) is -0.598. The van der Waals surface area contributed by atoms with Crippen LogP contribution in [0, 0.1) is 5.92 Å². The summed E-state index contributed by atoms with van der Waals surface area (Å²) >= 11 is 0. The Kier molecular flexibility index (Phi) is 3.22. The van der Waals surface area contributed by atoms with Gasteiger partial charge < -0.3 is 10.2 Å². The summed E-state index contributed by atoms with van der Waals surface area (Å²) in [6, 6.07) is 0.166. The first-order chi connectivity index (χ1) is 7.50. The first-order valence-electron chi connectivity index (χ1n) is 6.19. The van der Waals surface area contributed by atoms with Crippen LogP contribution in [-0.2, 0) is 4.79 Å². The number of piperidine rings is 1. The van der Waals surface area contributed by atoms with Crippen LogP contribution in [0.2, 0.25) is 0 Å². The topological polar surface area (TPSA) is 60.8 Å². The van der Waals surface area contributed by atoms with Crippen molar-refractivity contribution in [2.75, 3.05) is 0 Å². The van der Waals surface area contributed by atoms with Crippen molar-refractivity contribution in [1.29, 1.82) is 0 Å². The Hall–Kier alpha value is -0.610. The largest absolute Gasteiger partial charge is 0.480 e. The molecule has 3 unspecified atom stereocenters. The first-order valence-corrected chi connectivity index (χ1v) is 6.19. The zero-order valence-electron chi connectivity index (χ0n) is 9.97. The maximum absolute atomic E-state index is 11.3. The van der Waals surface area contributed by atoms with Crippen LogP contribution in [0.1, 0.15) is 39.5 Å². The van der Waals surface area contributed by atoms with E-state index in [4.69, 9.17) is 0 Å². The summed E-state index contributed by atoms with van der Waals surface area (Å²) in [7, 11) is 0. The van der Waals surface area contributed by atoms with Gasteiger partial charge in [-0.1, -0.05) is 13.8 Å². The third kappa shape index (κ3) is 1.96. The molecule has 2 bridgehead atoms. The first kappa shape index (κ1) is 11.9. The molecule has 2 saturated heterocycles. The highest BCUT2D eigenvalue weighted by molar-refractivity contribution is 5.74. The van der Waals surface area contributed by atoms with Gasteiger partial charge in [-0.05, 0) is 31.6 Å². The SMILES string of the molecule is CC(C)C(C(=O)O)N1C2CCC1CC(O)C2. The lowest BCUT2D eigenvalue weighted by molar-refractivity contribution is -0.148. The fraction of sp³-hybridized carbons (Fsp3) is 0.917. The van der Waals surface area contributed by atoms with Crippen LogP contribution < -0.4 is 0 Å². The Morgan fingerprint density at radius 1 is 1.25 bits per heavy atom. The fourth-order valence-electron chi connectivity index (χ4n) is 3.40. The van der Waals surface area contributed by atoms with Gasteiger partial charge in [0, 0.05) is 12.1 Å². The van der Waals surface area contributed by atoms with E-state index in [-0.39, 0.29) is 30.1 Å². The summed E-state index contributed by atoms with van der Waals surface area (Å²) in [6.45, 7) is 3.92. The molecule has 0 radical (unpaired) electrons. The van der Waals surface area contributed by atoms with Crippen LogP contribution in [0.5, 0.6) is 0 Å². The average molecular weight is 227 g/mol. The van der Waals surface area contributed by atoms with E-state index in [1.165, 1.54) is 0 Å². The molecular formula is C12H21NO3. The number of aliphatic carboxylic acids is 1. The van der Waals surface area contributed by atoms with E-state index in [2.05, 4.69) is 4.90 Å². The minimum absolute atomic E-state index is 0.121. The van der Waals surface area contributed by atoms with E-state index in [1.807, 2.05) is 13.8 Å². The zero-order chi connectivity index (χ0) is 11.9. The van der Waals surface area contributed by atoms with Gasteiger partial charge in [-0.25, -0.2) is 0 Å². The maximum Gasteiger partial charge on any atom is 0.321 e. The number of aliphatic hydroxyl groups is 1. The number of rotatable bonds is 3. The summed E-state index contributed by atoms with van der Waals surface area (Å²) < 4.78 is 0. The number of nitrogens with zero attached hydrogens (tertiary/aromatic N) is 1. The lowest BCUT2D eigenvalue weighted by Gasteiger charge is -2.42. The molecule has 0 spiro atoms. The Morgan fingerprint density at radius 3 is 2.12 bits per heavy atom. The highest BCUT2D eigenvalue weighted by atomic mass is 16.4. The molecule has 0 aromatic heterocycles. The molecular weight excluding hydrogens is 206 g/mol. The van der Waals surface area contributed by atoms with Crippen molar-refractivity contribution in [3.8, 4) is 0 Å². The predicted molar refractivity (Wildman–Crippen MR) is 60.2 cm³/mol. The van der Waals surface area contributed by atoms with Gasteiger partial charge in [-0.15, -0.1) is 0 Å². The molecule has 2 fully saturated rings. The highest BCUT2D eigenvalue weighted by Crippen LogP contribution is 2.38. The minimum atomic E-state index is -0.719. The molecule has 2 aliphatic heterocycles. The van der Waals surface area contributed by atoms with Crippen LogP contribution in [0.15, 0.2) is 0 Å². The Balaban J connectivity index is 2.17. The normalized spacial score (nSPS) is 36.6. The van der Waals surface area contributed by atoms with Crippen molar-refractivity contribution in [1.82, 2.24) is 4.90 Å². The molecule has 16 heavy (non-hydrogen) atoms. The number of carboxylic acids is 1. The minimum Gasteiger partial charge on any atom is -0.480 e. The fourth-order valence-corrected chi connectivity index (χ4v) is 3.40. The molecule has 2 heterocycles. The van der Waals surface area contributed by atoms with E-state index in [1.54, 1.807) is 0 Å². The standard InChI is InChI=1S/C12H21NO3/c1-7(2)11(12(15)16)13-8-3-4-9(13)6-10(14)5-8/h7-11,14H,3-6H2,1-2H3,(H,15,16). The van der Waals surface area contributed by atoms with Crippen LogP contribution in [0.4, 0.5) is 0 Å². The molecule has 2 rings (SSSR count). The quantitative estimate of drug-likeness (QED) is 0.757. The number of hydrogen-bond acceptors (Lipinski definition) is 3. The smallest absolute Gasteiger partial charge is 0.321 e. The van der Waals surface area contributed by atoms with Crippen molar-refractivity contribution in [3.63, 3.8) is 0 Å². The predicted octanol–water partition coefficient (Wildman–Crippen LogP) is 1.08. The van der Waals surface area contributed by atoms with E-state index in [0.29, 0.717) is 0 Å². The number of fused-ring (bicyclic) bond motifs is 2. The molecule has 0 aromatic rings. The maximum atomic E-state index is 11.3. The number of hydrogen-bond donors (Lipinski definition) is 2. The lowest BCUT2D eigenvalue weighted by Crippen LogP contribution is -2.54. The molecule has 0 aromatic carbocycles. The second-order valence-corrected chi connectivity index (χ2v) is 5.48. The van der Waals surface area contributed by atoms with Crippen LogP contribution >= 0.6 is 0 Å². The van der Waals surface area contributed by atoms with Gasteiger partial charge in [0.15, 0.2) is 0 Å². The Labute approximate surface area is 96.3 Å². The Morgan fingerprint density at radius 2 is 1.75 bits per heavy atom. The summed E-state index contributed by atoms with van der Waals surface area (Å²) in [6.07, 6.45) is 3.34. The van der Waals surface area contributed by atoms with Gasteiger partial charge in [0.2, 0.25) is 0 Å². The van der Waals surface area contributed by atoms with Gasteiger partial charge in [-0.3, -0.25) is 9.69 Å². The van der Waals surface area contributed by atoms with Gasteiger partial charge in [-0.2, -0.15) is 0 Å². The van der Waals surface area contributed by atoms with Crippen molar-refractivity contribution in [2.24, 2.45) is 5.92 Å². The van der Waals surface area contributed by atoms with E-state index in [9.17, 15) is 15.0 Å². The van der Waals surface area contributed by atoms with E-state index in [0.717, 1.165) is 25.7 Å². The van der Waals surface area contributed by atoms with Crippen molar-refractivity contribution in [3.05, 3.63) is 0 Å². The lowest BCUT2D eigenvalue weighted by atomic mass is 9.93. The molecule has 0 amide bonds. The van der Waals surface area contributed by atoms with Crippen LogP contribution in [-0.4, -0.2) is 45.3 Å². The Bertz CT molecular complexity index is 265. The molecule has 0 saturated carbocycles. The molecule has 2 N–H and O–H groups in total. The van der Waals surface area contributed by atoms with Gasteiger partial charge >= 0.3 is 5.97 Å². The summed E-state index contributed by atoms with van der Waals surface area (Å²) in [5, 5.41) is 19.0. The molecule has 2 aliphatic rings. The third-order valence-electron chi connectivity index (χ3n) is 3.97. The number of aliphatic hydroxyl groups excluding tert-OH is 1. The van der Waals surface area contributed by atoms with Crippen molar-refractivity contribution >= 4 is 5.97 Å². The van der Waals surface area contributed by atoms with Crippen molar-refractivity contribution < 1.29 is 15.0 Å². The molecule has 4 heteroatoms. The summed E-state index contributed by atoms with van der Waals surface area (Å²) in [4.78, 5) is 13.5. The molecule has 4 nitrogen and oxygen atoms in total. The second kappa shape index (κ2) is 4.34. The third-order valence-corrected chi connectivity index (χ3v) is 3.97. The van der Waals surface area contributed by atoms with Crippen LogP contribution in [0.3, 0.4) is 0 Å². The zero-order valence-corrected chi connectivity index (χ0v) is 9.97. The van der Waals surface area contributed by atoms with Gasteiger partial charge in [0.05, 0.1) is 6.10 Å². The van der Waals surface area contributed by atoms with Gasteiger partial charge in [0.25, 0.3) is 0 Å². The van der Waals surface area contributed by atoms with Crippen molar-refractivity contribution in [2.45, 2.75) is 63.8 Å². The monoisotopic (exact) mass is 227 g/mol. The average Bonchev–Trinajstić information content (AvgIpc) is 2.44.